The van der Waals surface area contributed by atoms with Crippen LogP contribution in [0.5, 0.6) is 0 Å². The Morgan fingerprint density at radius 3 is 2.68 bits per heavy atom. The van der Waals surface area contributed by atoms with Crippen LogP contribution >= 0.6 is 27.5 Å². The van der Waals surface area contributed by atoms with Crippen LogP contribution in [0.2, 0.25) is 5.02 Å². The van der Waals surface area contributed by atoms with Crippen LogP contribution in [0.25, 0.3) is 0 Å². The average Bonchev–Trinajstić information content (AvgIpc) is 2.40. The molecule has 0 heterocycles. The molecule has 0 saturated carbocycles. The molecule has 0 unspecified atom stereocenters. The summed E-state index contributed by atoms with van der Waals surface area (Å²) in [6.45, 7) is 2.78. The van der Waals surface area contributed by atoms with Crippen molar-refractivity contribution in [3.8, 4) is 6.07 Å². The largest absolute Gasteiger partial charge is 0.381 e. The number of hydrogen-bond acceptors (Lipinski definition) is 2. The zero-order valence-corrected chi connectivity index (χ0v) is 12.7. The smallest absolute Gasteiger partial charge is 0.101 e. The van der Waals surface area contributed by atoms with Crippen LogP contribution in [0, 0.1) is 18.3 Å². The Hall–Kier alpha value is -1.50. The first-order valence-corrected chi connectivity index (χ1v) is 6.96. The van der Waals surface area contributed by atoms with Gasteiger partial charge < -0.3 is 5.32 Å². The van der Waals surface area contributed by atoms with Crippen molar-refractivity contribution in [1.29, 1.82) is 5.26 Å². The Kier molecular flexibility index (Phi) is 4.47. The highest BCUT2D eigenvalue weighted by Gasteiger charge is 2.02. The molecule has 0 aromatic heterocycles. The van der Waals surface area contributed by atoms with Crippen LogP contribution in [0.1, 0.15) is 16.7 Å². The third-order valence-corrected chi connectivity index (χ3v) is 4.01. The van der Waals surface area contributed by atoms with Crippen molar-refractivity contribution >= 4 is 33.2 Å². The topological polar surface area (TPSA) is 35.8 Å². The lowest BCUT2D eigenvalue weighted by atomic mass is 10.1. The molecule has 2 nitrogen and oxygen atoms in total. The summed E-state index contributed by atoms with van der Waals surface area (Å²) in [7, 11) is 0. The van der Waals surface area contributed by atoms with E-state index >= 15 is 0 Å². The number of nitrogens with zero attached hydrogens (tertiary/aromatic N) is 1. The highest BCUT2D eigenvalue weighted by Crippen LogP contribution is 2.21. The summed E-state index contributed by atoms with van der Waals surface area (Å²) in [5.74, 6) is 0. The predicted octanol–water partition coefficient (Wildman–Crippen LogP) is 4.89. The summed E-state index contributed by atoms with van der Waals surface area (Å²) in [5, 5.41) is 12.6. The molecule has 4 heteroatoms. The lowest BCUT2D eigenvalue weighted by molar-refractivity contribution is 1.14. The highest BCUT2D eigenvalue weighted by atomic mass is 79.9. The van der Waals surface area contributed by atoms with Crippen molar-refractivity contribution in [3.05, 3.63) is 62.6 Å². The second-order valence-corrected chi connectivity index (χ2v) is 5.51. The lowest BCUT2D eigenvalue weighted by Gasteiger charge is -2.09. The molecule has 0 radical (unpaired) electrons. The van der Waals surface area contributed by atoms with Crippen LogP contribution in [-0.2, 0) is 6.54 Å². The van der Waals surface area contributed by atoms with Gasteiger partial charge in [0.1, 0.15) is 6.07 Å². The molecule has 2 aromatic rings. The van der Waals surface area contributed by atoms with E-state index in [9.17, 15) is 0 Å². The summed E-state index contributed by atoms with van der Waals surface area (Å²) < 4.78 is 1.11. The third-order valence-electron chi connectivity index (χ3n) is 2.81. The zero-order chi connectivity index (χ0) is 13.8. The monoisotopic (exact) mass is 334 g/mol. The standard InChI is InChI=1S/C15H12BrClN2/c1-10-6-11(2-5-14(10)16)9-19-13-4-3-12(8-18)15(17)7-13/h2-7,19H,9H2,1H3. The quantitative estimate of drug-likeness (QED) is 0.866. The van der Waals surface area contributed by atoms with Gasteiger partial charge in [-0.25, -0.2) is 0 Å². The van der Waals surface area contributed by atoms with Gasteiger partial charge in [0, 0.05) is 16.7 Å². The Bertz CT molecular complexity index is 647. The van der Waals surface area contributed by atoms with Crippen LogP contribution in [-0.4, -0.2) is 0 Å². The molecular formula is C15H12BrClN2. The fourth-order valence-corrected chi connectivity index (χ4v) is 2.21. The molecule has 0 atom stereocenters. The lowest BCUT2D eigenvalue weighted by Crippen LogP contribution is -2.00. The SMILES string of the molecule is Cc1cc(CNc2ccc(C#N)c(Cl)c2)ccc1Br. The fraction of sp³-hybridized carbons (Fsp3) is 0.133. The van der Waals surface area contributed by atoms with Crippen molar-refractivity contribution in [3.63, 3.8) is 0 Å². The van der Waals surface area contributed by atoms with E-state index in [-0.39, 0.29) is 0 Å². The number of nitrogens with one attached hydrogen (secondary N) is 1. The van der Waals surface area contributed by atoms with E-state index in [1.807, 2.05) is 18.2 Å². The second kappa shape index (κ2) is 6.10. The predicted molar refractivity (Wildman–Crippen MR) is 82.4 cm³/mol. The van der Waals surface area contributed by atoms with E-state index in [1.165, 1.54) is 11.1 Å². The molecule has 1 N–H and O–H groups in total. The van der Waals surface area contributed by atoms with E-state index in [1.54, 1.807) is 12.1 Å². The number of halogens is 2. The fourth-order valence-electron chi connectivity index (χ4n) is 1.74. The molecule has 0 amide bonds. The molecule has 0 spiro atoms. The van der Waals surface area contributed by atoms with Crippen LogP contribution in [0.15, 0.2) is 40.9 Å². The first-order valence-electron chi connectivity index (χ1n) is 5.78. The van der Waals surface area contributed by atoms with Crippen LogP contribution in [0.3, 0.4) is 0 Å². The van der Waals surface area contributed by atoms with Crippen molar-refractivity contribution in [1.82, 2.24) is 0 Å². The average molecular weight is 336 g/mol. The molecule has 0 bridgehead atoms. The van der Waals surface area contributed by atoms with Crippen molar-refractivity contribution in [2.45, 2.75) is 13.5 Å². The summed E-state index contributed by atoms with van der Waals surface area (Å²) in [4.78, 5) is 0. The van der Waals surface area contributed by atoms with Gasteiger partial charge in [0.2, 0.25) is 0 Å². The molecule has 0 aliphatic rings. The summed E-state index contributed by atoms with van der Waals surface area (Å²) in [6.07, 6.45) is 0. The summed E-state index contributed by atoms with van der Waals surface area (Å²) in [6, 6.07) is 13.6. The van der Waals surface area contributed by atoms with Gasteiger partial charge in [-0.05, 0) is 42.3 Å². The number of anilines is 1. The third kappa shape index (κ3) is 3.50. The number of rotatable bonds is 3. The van der Waals surface area contributed by atoms with E-state index < -0.39 is 0 Å². The normalized spacial score (nSPS) is 10.0. The van der Waals surface area contributed by atoms with E-state index in [2.05, 4.69) is 40.3 Å². The maximum absolute atomic E-state index is 8.81. The van der Waals surface area contributed by atoms with Gasteiger partial charge in [0.05, 0.1) is 10.6 Å². The van der Waals surface area contributed by atoms with Gasteiger partial charge in [0.15, 0.2) is 0 Å². The summed E-state index contributed by atoms with van der Waals surface area (Å²) in [5.41, 5.74) is 3.80. The van der Waals surface area contributed by atoms with Crippen LogP contribution < -0.4 is 5.32 Å². The second-order valence-electron chi connectivity index (χ2n) is 4.24. The number of benzene rings is 2. The molecule has 0 aliphatic carbocycles. The number of nitriles is 1. The Morgan fingerprint density at radius 2 is 2.05 bits per heavy atom. The maximum atomic E-state index is 8.81. The minimum atomic E-state index is 0.472. The zero-order valence-electron chi connectivity index (χ0n) is 10.4. The van der Waals surface area contributed by atoms with Crippen molar-refractivity contribution < 1.29 is 0 Å². The maximum Gasteiger partial charge on any atom is 0.101 e. The molecule has 19 heavy (non-hydrogen) atoms. The minimum Gasteiger partial charge on any atom is -0.381 e. The Morgan fingerprint density at radius 1 is 1.26 bits per heavy atom. The molecule has 0 aliphatic heterocycles. The van der Waals surface area contributed by atoms with Gasteiger partial charge in [-0.3, -0.25) is 0 Å². The molecule has 0 fully saturated rings. The highest BCUT2D eigenvalue weighted by molar-refractivity contribution is 9.10. The molecule has 96 valence electrons. The van der Waals surface area contributed by atoms with Crippen LogP contribution in [0.4, 0.5) is 5.69 Å². The van der Waals surface area contributed by atoms with Crippen molar-refractivity contribution in [2.75, 3.05) is 5.32 Å². The van der Waals surface area contributed by atoms with Gasteiger partial charge in [-0.1, -0.05) is 39.7 Å². The number of aryl methyl sites for hydroxylation is 1. The van der Waals surface area contributed by atoms with Crippen molar-refractivity contribution in [2.24, 2.45) is 0 Å². The molecule has 2 rings (SSSR count). The molecule has 0 saturated heterocycles. The van der Waals surface area contributed by atoms with Gasteiger partial charge in [-0.15, -0.1) is 0 Å². The Balaban J connectivity index is 2.08. The first kappa shape index (κ1) is 13.9. The van der Waals surface area contributed by atoms with E-state index in [0.29, 0.717) is 10.6 Å². The molecule has 2 aromatic carbocycles. The van der Waals surface area contributed by atoms with Gasteiger partial charge in [-0.2, -0.15) is 5.26 Å². The van der Waals surface area contributed by atoms with E-state index in [0.717, 1.165) is 16.7 Å². The first-order chi connectivity index (χ1) is 9.10. The van der Waals surface area contributed by atoms with E-state index in [4.69, 9.17) is 16.9 Å². The summed E-state index contributed by atoms with van der Waals surface area (Å²) >= 11 is 9.47. The van der Waals surface area contributed by atoms with Gasteiger partial charge in [0.25, 0.3) is 0 Å². The number of hydrogen-bond donors (Lipinski definition) is 1. The van der Waals surface area contributed by atoms with Gasteiger partial charge >= 0.3 is 0 Å². The molecular weight excluding hydrogens is 324 g/mol. The minimum absolute atomic E-state index is 0.472. The Labute approximate surface area is 126 Å².